The number of hydrazine groups is 1. The lowest BCUT2D eigenvalue weighted by molar-refractivity contribution is 0.0857. The molecule has 112 valence electrons. The molecule has 2 saturated heterocycles. The molecule has 0 amide bonds. The minimum Gasteiger partial charge on any atom is -0.375 e. The molecule has 3 N–H and O–H groups in total. The van der Waals surface area contributed by atoms with Gasteiger partial charge in [0, 0.05) is 29.2 Å². The van der Waals surface area contributed by atoms with E-state index in [1.54, 1.807) is 11.3 Å². The van der Waals surface area contributed by atoms with E-state index in [1.165, 1.54) is 23.5 Å². The largest absolute Gasteiger partial charge is 0.375 e. The molecule has 2 aliphatic rings. The van der Waals surface area contributed by atoms with Crippen LogP contribution in [-0.2, 0) is 16.6 Å². The number of fused-ring (bicyclic) bond motifs is 2. The van der Waals surface area contributed by atoms with Gasteiger partial charge < -0.3 is 4.74 Å². The summed E-state index contributed by atoms with van der Waals surface area (Å²) < 4.78 is 5.95. The number of nitrogens with zero attached hydrogens (tertiary/aromatic N) is 1. The predicted octanol–water partition coefficient (Wildman–Crippen LogP) is 2.38. The van der Waals surface area contributed by atoms with E-state index in [0.29, 0.717) is 18.1 Å². The Morgan fingerprint density at radius 1 is 1.50 bits per heavy atom. The number of aromatic nitrogens is 1. The lowest BCUT2D eigenvalue weighted by Gasteiger charge is -2.27. The van der Waals surface area contributed by atoms with Gasteiger partial charge in [-0.2, -0.15) is 0 Å². The van der Waals surface area contributed by atoms with Gasteiger partial charge in [0.2, 0.25) is 0 Å². The van der Waals surface area contributed by atoms with Crippen LogP contribution in [0.3, 0.4) is 0 Å². The summed E-state index contributed by atoms with van der Waals surface area (Å²) in [5.74, 6) is 6.34. The van der Waals surface area contributed by atoms with Gasteiger partial charge in [0.25, 0.3) is 0 Å². The van der Waals surface area contributed by atoms with Gasteiger partial charge in [0.15, 0.2) is 0 Å². The van der Waals surface area contributed by atoms with Crippen molar-refractivity contribution in [1.29, 1.82) is 0 Å². The Labute approximate surface area is 125 Å². The summed E-state index contributed by atoms with van der Waals surface area (Å²) in [5.41, 5.74) is 4.31. The van der Waals surface area contributed by atoms with Crippen molar-refractivity contribution in [3.05, 3.63) is 16.1 Å². The fraction of sp³-hybridized carbons (Fsp3) is 0.800. The topological polar surface area (TPSA) is 60.2 Å². The molecule has 4 nitrogen and oxygen atoms in total. The van der Waals surface area contributed by atoms with Crippen molar-refractivity contribution in [3.63, 3.8) is 0 Å². The van der Waals surface area contributed by atoms with E-state index in [0.717, 1.165) is 12.8 Å². The van der Waals surface area contributed by atoms with E-state index in [9.17, 15) is 0 Å². The number of rotatable bonds is 4. The summed E-state index contributed by atoms with van der Waals surface area (Å²) in [5, 5.41) is 3.36. The second-order valence-corrected chi connectivity index (χ2v) is 8.07. The number of nitrogens with one attached hydrogen (secondary N) is 1. The number of nitrogens with two attached hydrogens (primary N) is 1. The maximum Gasteiger partial charge on any atom is 0.0944 e. The maximum absolute atomic E-state index is 5.95. The molecule has 1 aromatic rings. The molecule has 0 aromatic carbocycles. The monoisotopic (exact) mass is 295 g/mol. The van der Waals surface area contributed by atoms with Crippen LogP contribution in [0.1, 0.15) is 50.7 Å². The van der Waals surface area contributed by atoms with Crippen molar-refractivity contribution in [2.24, 2.45) is 11.8 Å². The van der Waals surface area contributed by atoms with Gasteiger partial charge >= 0.3 is 0 Å². The highest BCUT2D eigenvalue weighted by atomic mass is 32.1. The van der Waals surface area contributed by atoms with Gasteiger partial charge in [0.05, 0.1) is 22.9 Å². The minimum atomic E-state index is 0.121. The van der Waals surface area contributed by atoms with Gasteiger partial charge in [-0.05, 0) is 19.3 Å². The molecule has 3 heterocycles. The number of hydrogen-bond donors (Lipinski definition) is 2. The van der Waals surface area contributed by atoms with E-state index < -0.39 is 0 Å². The van der Waals surface area contributed by atoms with E-state index in [1.807, 2.05) is 0 Å². The lowest BCUT2D eigenvalue weighted by Crippen LogP contribution is -2.45. The van der Waals surface area contributed by atoms with Crippen LogP contribution >= 0.6 is 11.3 Å². The molecule has 0 saturated carbocycles. The first-order valence-electron chi connectivity index (χ1n) is 7.54. The normalized spacial score (nSPS) is 30.9. The van der Waals surface area contributed by atoms with E-state index >= 15 is 0 Å². The van der Waals surface area contributed by atoms with Gasteiger partial charge in [0.1, 0.15) is 0 Å². The number of hydrogen-bond acceptors (Lipinski definition) is 5. The Balaban J connectivity index is 1.67. The van der Waals surface area contributed by atoms with Crippen LogP contribution in [0.4, 0.5) is 0 Å². The highest BCUT2D eigenvalue weighted by Gasteiger charge is 2.44. The molecule has 0 radical (unpaired) electrons. The SMILES string of the molecule is CC(C)(C)c1csc(CC(NN)C2CC3CCC2O3)n1. The molecule has 0 aliphatic carbocycles. The van der Waals surface area contributed by atoms with Crippen molar-refractivity contribution < 1.29 is 4.74 Å². The molecular formula is C15H25N3OS. The average molecular weight is 295 g/mol. The van der Waals surface area contributed by atoms with Gasteiger partial charge in [-0.1, -0.05) is 20.8 Å². The molecule has 4 unspecified atom stereocenters. The zero-order valence-electron chi connectivity index (χ0n) is 12.6. The van der Waals surface area contributed by atoms with Crippen molar-refractivity contribution in [2.45, 2.75) is 70.1 Å². The maximum atomic E-state index is 5.95. The standard InChI is InChI=1S/C15H25N3OS/c1-15(2,3)13-8-20-14(17-13)7-11(18-16)10-6-9-4-5-12(10)19-9/h8-12,18H,4-7,16H2,1-3H3. The molecule has 2 aliphatic heterocycles. The molecule has 0 spiro atoms. The van der Waals surface area contributed by atoms with Crippen LogP contribution < -0.4 is 11.3 Å². The average Bonchev–Trinajstić information content (AvgIpc) is 3.10. The molecule has 3 rings (SSSR count). The second kappa shape index (κ2) is 5.37. The highest BCUT2D eigenvalue weighted by molar-refractivity contribution is 7.09. The summed E-state index contributed by atoms with van der Waals surface area (Å²) >= 11 is 1.75. The van der Waals surface area contributed by atoms with Crippen molar-refractivity contribution >= 4 is 11.3 Å². The Bertz CT molecular complexity index is 468. The molecule has 1 aromatic heterocycles. The Hall–Kier alpha value is -0.490. The minimum absolute atomic E-state index is 0.121. The quantitative estimate of drug-likeness (QED) is 0.661. The molecule has 5 heteroatoms. The van der Waals surface area contributed by atoms with Gasteiger partial charge in [-0.15, -0.1) is 11.3 Å². The van der Waals surface area contributed by atoms with E-state index in [2.05, 4.69) is 31.6 Å². The molecule has 2 bridgehead atoms. The Morgan fingerprint density at radius 2 is 2.30 bits per heavy atom. The zero-order chi connectivity index (χ0) is 14.3. The van der Waals surface area contributed by atoms with Crippen LogP contribution in [0, 0.1) is 5.92 Å². The highest BCUT2D eigenvalue weighted by Crippen LogP contribution is 2.41. The van der Waals surface area contributed by atoms with Crippen LogP contribution in [0.5, 0.6) is 0 Å². The van der Waals surface area contributed by atoms with Crippen LogP contribution in [-0.4, -0.2) is 23.2 Å². The van der Waals surface area contributed by atoms with Crippen molar-refractivity contribution in [2.75, 3.05) is 0 Å². The van der Waals surface area contributed by atoms with Crippen molar-refractivity contribution in [3.8, 4) is 0 Å². The van der Waals surface area contributed by atoms with Gasteiger partial charge in [-0.25, -0.2) is 4.98 Å². The second-order valence-electron chi connectivity index (χ2n) is 7.13. The summed E-state index contributed by atoms with van der Waals surface area (Å²) in [6.45, 7) is 6.61. The van der Waals surface area contributed by atoms with Crippen LogP contribution in [0.25, 0.3) is 0 Å². The fourth-order valence-electron chi connectivity index (χ4n) is 3.37. The first-order valence-corrected chi connectivity index (χ1v) is 8.42. The first-order chi connectivity index (χ1) is 9.47. The summed E-state index contributed by atoms with van der Waals surface area (Å²) in [4.78, 5) is 4.78. The summed E-state index contributed by atoms with van der Waals surface area (Å²) in [6, 6.07) is 0.282. The number of ether oxygens (including phenoxy) is 1. The smallest absolute Gasteiger partial charge is 0.0944 e. The molecule has 4 atom stereocenters. The lowest BCUT2D eigenvalue weighted by atomic mass is 9.83. The predicted molar refractivity (Wildman–Crippen MR) is 81.6 cm³/mol. The fourth-order valence-corrected chi connectivity index (χ4v) is 4.45. The summed E-state index contributed by atoms with van der Waals surface area (Å²) in [7, 11) is 0. The summed E-state index contributed by atoms with van der Waals surface area (Å²) in [6.07, 6.45) is 5.36. The molecule has 2 fully saturated rings. The molecular weight excluding hydrogens is 270 g/mol. The van der Waals surface area contributed by atoms with E-state index in [4.69, 9.17) is 15.6 Å². The Kier molecular flexibility index (Phi) is 3.88. The Morgan fingerprint density at radius 3 is 2.80 bits per heavy atom. The van der Waals surface area contributed by atoms with E-state index in [-0.39, 0.29) is 11.5 Å². The van der Waals surface area contributed by atoms with Crippen LogP contribution in [0.15, 0.2) is 5.38 Å². The van der Waals surface area contributed by atoms with Crippen molar-refractivity contribution in [1.82, 2.24) is 10.4 Å². The number of thiazole rings is 1. The third kappa shape index (κ3) is 2.77. The third-order valence-corrected chi connectivity index (χ3v) is 5.47. The zero-order valence-corrected chi connectivity index (χ0v) is 13.4. The van der Waals surface area contributed by atoms with Gasteiger partial charge in [-0.3, -0.25) is 11.3 Å². The molecule has 20 heavy (non-hydrogen) atoms. The van der Waals surface area contributed by atoms with Crippen LogP contribution in [0.2, 0.25) is 0 Å². The first kappa shape index (κ1) is 14.4. The third-order valence-electron chi connectivity index (χ3n) is 4.60.